The summed E-state index contributed by atoms with van der Waals surface area (Å²) in [6.07, 6.45) is 3.38. The number of imidazole rings is 1. The highest BCUT2D eigenvalue weighted by molar-refractivity contribution is 5.77. The molecule has 0 aliphatic heterocycles. The van der Waals surface area contributed by atoms with Gasteiger partial charge in [0.05, 0.1) is 13.2 Å². The van der Waals surface area contributed by atoms with Gasteiger partial charge in [0, 0.05) is 19.4 Å². The van der Waals surface area contributed by atoms with Crippen molar-refractivity contribution < 1.29 is 14.3 Å². The fraction of sp³-hybridized carbons (Fsp3) is 0.333. The van der Waals surface area contributed by atoms with E-state index in [1.165, 1.54) is 0 Å². The van der Waals surface area contributed by atoms with Crippen molar-refractivity contribution in [2.24, 2.45) is 0 Å². The number of nitrogens with zero attached hydrogens (tertiary/aromatic N) is 2. The Morgan fingerprint density at radius 1 is 1.24 bits per heavy atom. The number of carbonyl (C=O) groups excluding carboxylic acids is 1. The minimum atomic E-state index is -0.111. The van der Waals surface area contributed by atoms with E-state index in [-0.39, 0.29) is 12.5 Å². The van der Waals surface area contributed by atoms with Crippen LogP contribution in [0.25, 0.3) is 0 Å². The minimum absolute atomic E-state index is 0.00874. The minimum Gasteiger partial charge on any atom is -0.494 e. The lowest BCUT2D eigenvalue weighted by Crippen LogP contribution is -2.31. The van der Waals surface area contributed by atoms with E-state index in [0.717, 1.165) is 11.6 Å². The molecule has 21 heavy (non-hydrogen) atoms. The number of H-pyrrole nitrogens is 1. The van der Waals surface area contributed by atoms with Crippen LogP contribution in [0, 0.1) is 0 Å². The molecule has 0 spiro atoms. The van der Waals surface area contributed by atoms with Gasteiger partial charge in [-0.3, -0.25) is 4.79 Å². The summed E-state index contributed by atoms with van der Waals surface area (Å²) >= 11 is 0. The van der Waals surface area contributed by atoms with Gasteiger partial charge in [0.15, 0.2) is 6.61 Å². The van der Waals surface area contributed by atoms with E-state index in [0.29, 0.717) is 18.9 Å². The number of ether oxygens (including phenoxy) is 2. The van der Waals surface area contributed by atoms with Crippen LogP contribution in [0.1, 0.15) is 12.7 Å². The van der Waals surface area contributed by atoms with Gasteiger partial charge in [-0.2, -0.15) is 0 Å². The van der Waals surface area contributed by atoms with Gasteiger partial charge in [-0.1, -0.05) is 0 Å². The predicted molar refractivity (Wildman–Crippen MR) is 78.2 cm³/mol. The molecule has 6 nitrogen and oxygen atoms in total. The Labute approximate surface area is 123 Å². The summed E-state index contributed by atoms with van der Waals surface area (Å²) in [6, 6.07) is 7.20. The number of carbonyl (C=O) groups is 1. The Bertz CT molecular complexity index is 552. The van der Waals surface area contributed by atoms with E-state index < -0.39 is 0 Å². The molecule has 1 amide bonds. The Kier molecular flexibility index (Phi) is 5.20. The first-order valence-electron chi connectivity index (χ1n) is 6.77. The number of benzene rings is 1. The van der Waals surface area contributed by atoms with Gasteiger partial charge in [0.25, 0.3) is 5.91 Å². The number of rotatable bonds is 7. The normalized spacial score (nSPS) is 10.2. The maximum atomic E-state index is 11.9. The Balaban J connectivity index is 1.80. The molecule has 2 rings (SSSR count). The van der Waals surface area contributed by atoms with Crippen LogP contribution in [0.4, 0.5) is 0 Å². The molecule has 1 aromatic carbocycles. The van der Waals surface area contributed by atoms with Crippen LogP contribution in [0.3, 0.4) is 0 Å². The van der Waals surface area contributed by atoms with Crippen LogP contribution in [0.5, 0.6) is 11.5 Å². The molecule has 0 saturated heterocycles. The molecular formula is C15H19N3O3. The number of aromatic nitrogens is 2. The lowest BCUT2D eigenvalue weighted by atomic mass is 10.3. The zero-order valence-electron chi connectivity index (χ0n) is 12.2. The molecule has 0 radical (unpaired) electrons. The van der Waals surface area contributed by atoms with Gasteiger partial charge in [0.1, 0.15) is 17.3 Å². The Morgan fingerprint density at radius 2 is 1.90 bits per heavy atom. The van der Waals surface area contributed by atoms with E-state index in [9.17, 15) is 4.79 Å². The van der Waals surface area contributed by atoms with E-state index in [1.54, 1.807) is 36.5 Å². The van der Waals surface area contributed by atoms with Crippen LogP contribution in [-0.4, -0.2) is 41.0 Å². The van der Waals surface area contributed by atoms with Crippen LogP contribution in [0.15, 0.2) is 36.7 Å². The first-order valence-corrected chi connectivity index (χ1v) is 6.77. The summed E-state index contributed by atoms with van der Waals surface area (Å²) < 4.78 is 10.8. The van der Waals surface area contributed by atoms with Crippen LogP contribution in [0.2, 0.25) is 0 Å². The standard InChI is InChI=1S/C15H19N3O3/c1-3-20-12-4-6-13(7-5-12)21-11-15(19)18(2)10-14-16-8-9-17-14/h4-9H,3,10-11H2,1-2H3,(H,16,17). The number of amides is 1. The van der Waals surface area contributed by atoms with Crippen molar-refractivity contribution in [3.63, 3.8) is 0 Å². The third-order valence-corrected chi connectivity index (χ3v) is 2.86. The van der Waals surface area contributed by atoms with Gasteiger partial charge in [0.2, 0.25) is 0 Å². The van der Waals surface area contributed by atoms with E-state index in [1.807, 2.05) is 19.1 Å². The summed E-state index contributed by atoms with van der Waals surface area (Å²) in [5, 5.41) is 0. The molecule has 2 aromatic rings. The van der Waals surface area contributed by atoms with Gasteiger partial charge >= 0.3 is 0 Å². The van der Waals surface area contributed by atoms with E-state index in [4.69, 9.17) is 9.47 Å². The van der Waals surface area contributed by atoms with Gasteiger partial charge in [-0.25, -0.2) is 4.98 Å². The molecule has 0 unspecified atom stereocenters. The number of nitrogens with one attached hydrogen (secondary N) is 1. The largest absolute Gasteiger partial charge is 0.494 e. The van der Waals surface area contributed by atoms with Crippen LogP contribution >= 0.6 is 0 Å². The average molecular weight is 289 g/mol. The molecule has 0 bridgehead atoms. The molecule has 1 N–H and O–H groups in total. The topological polar surface area (TPSA) is 67.5 Å². The molecular weight excluding hydrogens is 270 g/mol. The maximum absolute atomic E-state index is 11.9. The summed E-state index contributed by atoms with van der Waals surface area (Å²) in [7, 11) is 1.71. The van der Waals surface area contributed by atoms with Crippen LogP contribution < -0.4 is 9.47 Å². The fourth-order valence-corrected chi connectivity index (χ4v) is 1.75. The molecule has 1 heterocycles. The van der Waals surface area contributed by atoms with Crippen molar-refractivity contribution in [3.05, 3.63) is 42.5 Å². The number of hydrogen-bond donors (Lipinski definition) is 1. The van der Waals surface area contributed by atoms with Crippen LogP contribution in [-0.2, 0) is 11.3 Å². The molecule has 1 aromatic heterocycles. The van der Waals surface area contributed by atoms with Gasteiger partial charge in [-0.15, -0.1) is 0 Å². The average Bonchev–Trinajstić information content (AvgIpc) is 2.99. The molecule has 0 aliphatic rings. The molecule has 0 saturated carbocycles. The van der Waals surface area contributed by atoms with Crippen molar-refractivity contribution in [3.8, 4) is 11.5 Å². The second kappa shape index (κ2) is 7.33. The predicted octanol–water partition coefficient (Wildman–Crippen LogP) is 1.85. The third-order valence-electron chi connectivity index (χ3n) is 2.86. The maximum Gasteiger partial charge on any atom is 0.260 e. The van der Waals surface area contributed by atoms with Crippen molar-refractivity contribution in [1.82, 2.24) is 14.9 Å². The van der Waals surface area contributed by atoms with Crippen molar-refractivity contribution in [1.29, 1.82) is 0 Å². The summed E-state index contributed by atoms with van der Waals surface area (Å²) in [6.45, 7) is 2.97. The zero-order valence-corrected chi connectivity index (χ0v) is 12.2. The Morgan fingerprint density at radius 3 is 2.48 bits per heavy atom. The smallest absolute Gasteiger partial charge is 0.260 e. The van der Waals surface area contributed by atoms with Crippen molar-refractivity contribution >= 4 is 5.91 Å². The zero-order chi connectivity index (χ0) is 15.1. The number of aromatic amines is 1. The number of likely N-dealkylation sites (N-methyl/N-ethyl adjacent to an activating group) is 1. The fourth-order valence-electron chi connectivity index (χ4n) is 1.75. The van der Waals surface area contributed by atoms with E-state index >= 15 is 0 Å². The van der Waals surface area contributed by atoms with Gasteiger partial charge < -0.3 is 19.4 Å². The summed E-state index contributed by atoms with van der Waals surface area (Å²) in [4.78, 5) is 20.5. The second-order valence-electron chi connectivity index (χ2n) is 4.48. The lowest BCUT2D eigenvalue weighted by molar-refractivity contribution is -0.132. The highest BCUT2D eigenvalue weighted by Crippen LogP contribution is 2.17. The quantitative estimate of drug-likeness (QED) is 0.844. The first-order chi connectivity index (χ1) is 10.2. The van der Waals surface area contributed by atoms with Gasteiger partial charge in [-0.05, 0) is 31.2 Å². The summed E-state index contributed by atoms with van der Waals surface area (Å²) in [5.74, 6) is 2.05. The highest BCUT2D eigenvalue weighted by Gasteiger charge is 2.11. The molecule has 0 atom stereocenters. The molecule has 6 heteroatoms. The van der Waals surface area contributed by atoms with E-state index in [2.05, 4.69) is 9.97 Å². The molecule has 112 valence electrons. The lowest BCUT2D eigenvalue weighted by Gasteiger charge is -2.16. The Hall–Kier alpha value is -2.50. The van der Waals surface area contributed by atoms with Crippen molar-refractivity contribution in [2.75, 3.05) is 20.3 Å². The monoisotopic (exact) mass is 289 g/mol. The number of hydrogen-bond acceptors (Lipinski definition) is 4. The summed E-state index contributed by atoms with van der Waals surface area (Å²) in [5.41, 5.74) is 0. The molecule has 0 fully saturated rings. The second-order valence-corrected chi connectivity index (χ2v) is 4.48. The third kappa shape index (κ3) is 4.52. The SMILES string of the molecule is CCOc1ccc(OCC(=O)N(C)Cc2ncc[nH]2)cc1. The van der Waals surface area contributed by atoms with Crippen molar-refractivity contribution in [2.45, 2.75) is 13.5 Å². The first kappa shape index (κ1) is 14.9. The highest BCUT2D eigenvalue weighted by atomic mass is 16.5. The molecule has 0 aliphatic carbocycles.